The lowest BCUT2D eigenvalue weighted by molar-refractivity contribution is 0.189. The molecule has 18 heavy (non-hydrogen) atoms. The van der Waals surface area contributed by atoms with Crippen LogP contribution in [0.1, 0.15) is 19.0 Å². The third kappa shape index (κ3) is 2.90. The maximum atomic E-state index is 9.27. The number of pyridine rings is 1. The standard InChI is InChI=1S/C14H19N3O/c1-9-7-14(16-6-5-10(2)18)12-8-11(15)3-4-13(12)17-9/h3-4,7-8,10,18H,5-6,15H2,1-2H3,(H,16,17). The van der Waals surface area contributed by atoms with Gasteiger partial charge in [-0.15, -0.1) is 0 Å². The van der Waals surface area contributed by atoms with Crippen LogP contribution in [0, 0.1) is 6.92 Å². The van der Waals surface area contributed by atoms with Gasteiger partial charge in [0.05, 0.1) is 11.6 Å². The van der Waals surface area contributed by atoms with E-state index in [2.05, 4.69) is 10.3 Å². The highest BCUT2D eigenvalue weighted by molar-refractivity contribution is 5.93. The molecule has 0 radical (unpaired) electrons. The quantitative estimate of drug-likeness (QED) is 0.723. The number of fused-ring (bicyclic) bond motifs is 1. The predicted octanol–water partition coefficient (Wildman–Crippen LogP) is 2.31. The normalized spacial score (nSPS) is 12.6. The molecule has 1 heterocycles. The first-order valence-corrected chi connectivity index (χ1v) is 6.15. The smallest absolute Gasteiger partial charge is 0.0727 e. The van der Waals surface area contributed by atoms with E-state index in [0.717, 1.165) is 34.5 Å². The van der Waals surface area contributed by atoms with Crippen LogP contribution in [0.3, 0.4) is 0 Å². The Balaban J connectivity index is 2.32. The van der Waals surface area contributed by atoms with Gasteiger partial charge < -0.3 is 16.2 Å². The predicted molar refractivity (Wildman–Crippen MR) is 75.7 cm³/mol. The largest absolute Gasteiger partial charge is 0.399 e. The lowest BCUT2D eigenvalue weighted by Crippen LogP contribution is -2.10. The Labute approximate surface area is 107 Å². The maximum absolute atomic E-state index is 9.27. The third-order valence-electron chi connectivity index (χ3n) is 2.84. The Bertz CT molecular complexity index is 552. The summed E-state index contributed by atoms with van der Waals surface area (Å²) in [6, 6.07) is 7.71. The van der Waals surface area contributed by atoms with Crippen LogP contribution in [0.25, 0.3) is 10.9 Å². The molecule has 1 atom stereocenters. The van der Waals surface area contributed by atoms with Crippen molar-refractivity contribution in [2.24, 2.45) is 0 Å². The molecule has 4 heteroatoms. The lowest BCUT2D eigenvalue weighted by Gasteiger charge is -2.12. The molecule has 0 saturated heterocycles. The van der Waals surface area contributed by atoms with Crippen molar-refractivity contribution in [3.63, 3.8) is 0 Å². The number of hydrogen-bond donors (Lipinski definition) is 3. The second-order valence-corrected chi connectivity index (χ2v) is 4.65. The fourth-order valence-corrected chi connectivity index (χ4v) is 1.94. The monoisotopic (exact) mass is 245 g/mol. The van der Waals surface area contributed by atoms with E-state index in [1.54, 1.807) is 6.92 Å². The van der Waals surface area contributed by atoms with Crippen LogP contribution in [-0.2, 0) is 0 Å². The van der Waals surface area contributed by atoms with E-state index >= 15 is 0 Å². The molecule has 2 rings (SSSR count). The summed E-state index contributed by atoms with van der Waals surface area (Å²) in [7, 11) is 0. The molecule has 0 bridgehead atoms. The molecule has 0 aliphatic rings. The van der Waals surface area contributed by atoms with Gasteiger partial charge in [-0.1, -0.05) is 0 Å². The van der Waals surface area contributed by atoms with Crippen molar-refractivity contribution in [1.29, 1.82) is 0 Å². The molecule has 0 fully saturated rings. The number of aliphatic hydroxyl groups excluding tert-OH is 1. The van der Waals surface area contributed by atoms with Crippen molar-refractivity contribution in [3.05, 3.63) is 30.0 Å². The average molecular weight is 245 g/mol. The zero-order valence-corrected chi connectivity index (χ0v) is 10.8. The van der Waals surface area contributed by atoms with Gasteiger partial charge in [0.1, 0.15) is 0 Å². The van der Waals surface area contributed by atoms with E-state index in [1.165, 1.54) is 0 Å². The van der Waals surface area contributed by atoms with Gasteiger partial charge in [0.15, 0.2) is 0 Å². The molecular formula is C14H19N3O. The molecule has 1 aromatic heterocycles. The molecule has 0 amide bonds. The van der Waals surface area contributed by atoms with E-state index in [-0.39, 0.29) is 6.10 Å². The minimum absolute atomic E-state index is 0.295. The highest BCUT2D eigenvalue weighted by Gasteiger charge is 2.04. The third-order valence-corrected chi connectivity index (χ3v) is 2.84. The van der Waals surface area contributed by atoms with Crippen LogP contribution >= 0.6 is 0 Å². The molecule has 2 aromatic rings. The second kappa shape index (κ2) is 5.23. The summed E-state index contributed by atoms with van der Waals surface area (Å²) in [6.45, 7) is 4.48. The van der Waals surface area contributed by atoms with Gasteiger partial charge in [0, 0.05) is 29.0 Å². The number of anilines is 2. The van der Waals surface area contributed by atoms with Gasteiger partial charge in [-0.2, -0.15) is 0 Å². The molecule has 1 unspecified atom stereocenters. The minimum Gasteiger partial charge on any atom is -0.399 e. The Morgan fingerprint density at radius 2 is 2.17 bits per heavy atom. The Hall–Kier alpha value is -1.81. The van der Waals surface area contributed by atoms with Gasteiger partial charge in [-0.25, -0.2) is 0 Å². The van der Waals surface area contributed by atoms with E-state index in [9.17, 15) is 5.11 Å². The summed E-state index contributed by atoms with van der Waals surface area (Å²) in [6.07, 6.45) is 0.419. The number of nitrogens with one attached hydrogen (secondary N) is 1. The van der Waals surface area contributed by atoms with Crippen LogP contribution in [0.4, 0.5) is 11.4 Å². The molecule has 0 aliphatic heterocycles. The van der Waals surface area contributed by atoms with Crippen molar-refractivity contribution in [2.45, 2.75) is 26.4 Å². The first-order chi connectivity index (χ1) is 8.56. The molecule has 0 spiro atoms. The van der Waals surface area contributed by atoms with Crippen LogP contribution in [0.15, 0.2) is 24.3 Å². The number of nitrogens with two attached hydrogens (primary N) is 1. The zero-order valence-electron chi connectivity index (χ0n) is 10.8. The Kier molecular flexibility index (Phi) is 3.67. The van der Waals surface area contributed by atoms with Crippen molar-refractivity contribution in [3.8, 4) is 0 Å². The molecule has 0 aliphatic carbocycles. The van der Waals surface area contributed by atoms with E-state index < -0.39 is 0 Å². The number of aryl methyl sites for hydroxylation is 1. The number of hydrogen-bond acceptors (Lipinski definition) is 4. The summed E-state index contributed by atoms with van der Waals surface area (Å²) in [5, 5.41) is 13.6. The van der Waals surface area contributed by atoms with Gasteiger partial charge in [-0.3, -0.25) is 4.98 Å². The number of rotatable bonds is 4. The molecule has 96 valence electrons. The number of benzene rings is 1. The van der Waals surface area contributed by atoms with E-state index in [0.29, 0.717) is 6.42 Å². The van der Waals surface area contributed by atoms with Crippen molar-refractivity contribution < 1.29 is 5.11 Å². The molecule has 0 saturated carbocycles. The first-order valence-electron chi connectivity index (χ1n) is 6.15. The van der Waals surface area contributed by atoms with Gasteiger partial charge in [-0.05, 0) is 44.5 Å². The Morgan fingerprint density at radius 3 is 2.89 bits per heavy atom. The second-order valence-electron chi connectivity index (χ2n) is 4.65. The molecule has 4 nitrogen and oxygen atoms in total. The van der Waals surface area contributed by atoms with Crippen LogP contribution in [-0.4, -0.2) is 22.7 Å². The van der Waals surface area contributed by atoms with E-state index in [1.807, 2.05) is 31.2 Å². The summed E-state index contributed by atoms with van der Waals surface area (Å²) < 4.78 is 0. The zero-order chi connectivity index (χ0) is 13.1. The molecule has 4 N–H and O–H groups in total. The number of nitrogen functional groups attached to an aromatic ring is 1. The number of aliphatic hydroxyl groups is 1. The van der Waals surface area contributed by atoms with Crippen LogP contribution in [0.5, 0.6) is 0 Å². The highest BCUT2D eigenvalue weighted by atomic mass is 16.3. The van der Waals surface area contributed by atoms with Crippen LogP contribution < -0.4 is 11.1 Å². The summed E-state index contributed by atoms with van der Waals surface area (Å²) >= 11 is 0. The summed E-state index contributed by atoms with van der Waals surface area (Å²) in [5.74, 6) is 0. The van der Waals surface area contributed by atoms with Gasteiger partial charge >= 0.3 is 0 Å². The number of nitrogens with zero attached hydrogens (tertiary/aromatic N) is 1. The van der Waals surface area contributed by atoms with Crippen molar-refractivity contribution >= 4 is 22.3 Å². The maximum Gasteiger partial charge on any atom is 0.0727 e. The van der Waals surface area contributed by atoms with Gasteiger partial charge in [0.25, 0.3) is 0 Å². The lowest BCUT2D eigenvalue weighted by atomic mass is 10.1. The van der Waals surface area contributed by atoms with Gasteiger partial charge in [0.2, 0.25) is 0 Å². The molecular weight excluding hydrogens is 226 g/mol. The summed E-state index contributed by atoms with van der Waals surface area (Å²) in [5.41, 5.74) is 9.46. The minimum atomic E-state index is -0.295. The first kappa shape index (κ1) is 12.6. The average Bonchev–Trinajstić information content (AvgIpc) is 2.29. The van der Waals surface area contributed by atoms with Crippen LogP contribution in [0.2, 0.25) is 0 Å². The van der Waals surface area contributed by atoms with Crippen molar-refractivity contribution in [1.82, 2.24) is 4.98 Å². The fraction of sp³-hybridized carbons (Fsp3) is 0.357. The SMILES string of the molecule is Cc1cc(NCCC(C)O)c2cc(N)ccc2n1. The summed E-state index contributed by atoms with van der Waals surface area (Å²) in [4.78, 5) is 4.48. The van der Waals surface area contributed by atoms with Crippen molar-refractivity contribution in [2.75, 3.05) is 17.6 Å². The fourth-order valence-electron chi connectivity index (χ4n) is 1.94. The van der Waals surface area contributed by atoms with E-state index in [4.69, 9.17) is 5.73 Å². The molecule has 1 aromatic carbocycles. The Morgan fingerprint density at radius 1 is 1.39 bits per heavy atom. The number of aromatic nitrogens is 1. The highest BCUT2D eigenvalue weighted by Crippen LogP contribution is 2.25. The topological polar surface area (TPSA) is 71.2 Å².